The number of amides is 1. The Kier molecular flexibility index (Phi) is 6.52. The Morgan fingerprint density at radius 1 is 1.13 bits per heavy atom. The molecule has 0 saturated carbocycles. The number of anilines is 1. The number of halogens is 1. The molecule has 0 radical (unpaired) electrons. The summed E-state index contributed by atoms with van der Waals surface area (Å²) in [5, 5.41) is 0.443. The zero-order chi connectivity index (χ0) is 22.0. The first-order chi connectivity index (χ1) is 14.9. The highest BCUT2D eigenvalue weighted by Crippen LogP contribution is 2.28. The van der Waals surface area contributed by atoms with E-state index in [1.807, 2.05) is 0 Å². The molecule has 0 aromatic heterocycles. The Hall–Kier alpha value is -2.13. The minimum absolute atomic E-state index is 0.0526. The van der Waals surface area contributed by atoms with Crippen molar-refractivity contribution in [2.24, 2.45) is 5.92 Å². The number of sulfonamides is 1. The molecular weight excluding hydrogens is 440 g/mol. The molecule has 1 atom stereocenters. The predicted octanol–water partition coefficient (Wildman–Crippen LogP) is 3.39. The first-order valence-corrected chi connectivity index (χ1v) is 12.0. The normalized spacial score (nSPS) is 20.1. The van der Waals surface area contributed by atoms with Crippen molar-refractivity contribution in [1.29, 1.82) is 0 Å². The van der Waals surface area contributed by atoms with E-state index < -0.39 is 10.0 Å². The molecule has 0 spiro atoms. The van der Waals surface area contributed by atoms with Gasteiger partial charge in [-0.05, 0) is 49.2 Å². The average molecular weight is 465 g/mol. The molecule has 2 heterocycles. The van der Waals surface area contributed by atoms with E-state index in [2.05, 4.69) is 0 Å². The van der Waals surface area contributed by atoms with E-state index in [1.54, 1.807) is 41.3 Å². The van der Waals surface area contributed by atoms with Crippen LogP contribution in [0.4, 0.5) is 5.69 Å². The van der Waals surface area contributed by atoms with Crippen molar-refractivity contribution >= 4 is 33.2 Å². The van der Waals surface area contributed by atoms with Crippen LogP contribution in [-0.2, 0) is 19.5 Å². The van der Waals surface area contributed by atoms with Gasteiger partial charge in [0, 0.05) is 36.6 Å². The standard InChI is InChI=1S/C22H25ClN2O5S/c1-24(19-8-3-7-18(23)14-19)31(27,28)20-9-2-5-16(13-20)21(26)25-10-4-6-17(15-25)22-29-11-12-30-22/h2-3,5,7-9,13-14,17,22H,4,6,10-12,15H2,1H3. The maximum Gasteiger partial charge on any atom is 0.264 e. The van der Waals surface area contributed by atoms with Crippen LogP contribution >= 0.6 is 11.6 Å². The highest BCUT2D eigenvalue weighted by molar-refractivity contribution is 7.92. The second kappa shape index (κ2) is 9.16. The summed E-state index contributed by atoms with van der Waals surface area (Å²) in [6, 6.07) is 12.8. The molecule has 7 nitrogen and oxygen atoms in total. The maximum atomic E-state index is 13.1. The monoisotopic (exact) mass is 464 g/mol. The second-order valence-corrected chi connectivity index (χ2v) is 10.1. The number of ether oxygens (including phenoxy) is 2. The molecule has 0 bridgehead atoms. The molecule has 1 amide bonds. The number of benzene rings is 2. The van der Waals surface area contributed by atoms with Gasteiger partial charge in [0.15, 0.2) is 6.29 Å². The van der Waals surface area contributed by atoms with Crippen LogP contribution in [0.15, 0.2) is 53.4 Å². The van der Waals surface area contributed by atoms with E-state index in [1.165, 1.54) is 19.2 Å². The van der Waals surface area contributed by atoms with Crippen LogP contribution in [0, 0.1) is 5.92 Å². The fraction of sp³-hybridized carbons (Fsp3) is 0.409. The first-order valence-electron chi connectivity index (χ1n) is 10.2. The minimum Gasteiger partial charge on any atom is -0.350 e. The lowest BCUT2D eigenvalue weighted by atomic mass is 9.96. The second-order valence-electron chi connectivity index (χ2n) is 7.74. The van der Waals surface area contributed by atoms with Crippen molar-refractivity contribution in [3.05, 3.63) is 59.1 Å². The lowest BCUT2D eigenvalue weighted by Gasteiger charge is -2.34. The van der Waals surface area contributed by atoms with Crippen molar-refractivity contribution in [1.82, 2.24) is 4.90 Å². The summed E-state index contributed by atoms with van der Waals surface area (Å²) in [6.07, 6.45) is 1.52. The van der Waals surface area contributed by atoms with Gasteiger partial charge in [0.05, 0.1) is 23.8 Å². The number of carbonyl (C=O) groups excluding carboxylic acids is 1. The van der Waals surface area contributed by atoms with Gasteiger partial charge in [-0.2, -0.15) is 0 Å². The molecule has 4 rings (SSSR count). The van der Waals surface area contributed by atoms with E-state index in [4.69, 9.17) is 21.1 Å². The minimum atomic E-state index is -3.86. The molecule has 166 valence electrons. The third-order valence-electron chi connectivity index (χ3n) is 5.69. The number of likely N-dealkylation sites (tertiary alicyclic amines) is 1. The molecule has 0 aliphatic carbocycles. The summed E-state index contributed by atoms with van der Waals surface area (Å²) in [4.78, 5) is 15.0. The molecule has 2 aliphatic rings. The Labute approximate surface area is 187 Å². The molecule has 2 saturated heterocycles. The van der Waals surface area contributed by atoms with Gasteiger partial charge in [-0.1, -0.05) is 23.7 Å². The summed E-state index contributed by atoms with van der Waals surface area (Å²) in [5.41, 5.74) is 0.786. The van der Waals surface area contributed by atoms with Gasteiger partial charge in [0.25, 0.3) is 15.9 Å². The van der Waals surface area contributed by atoms with E-state index in [9.17, 15) is 13.2 Å². The van der Waals surface area contributed by atoms with Crippen LogP contribution in [0.3, 0.4) is 0 Å². The number of piperidine rings is 1. The molecule has 2 aliphatic heterocycles. The molecule has 31 heavy (non-hydrogen) atoms. The Bertz CT molecular complexity index is 1060. The third kappa shape index (κ3) is 4.72. The zero-order valence-corrected chi connectivity index (χ0v) is 18.8. The van der Waals surface area contributed by atoms with Crippen molar-refractivity contribution in [2.75, 3.05) is 37.7 Å². The van der Waals surface area contributed by atoms with Crippen molar-refractivity contribution in [3.8, 4) is 0 Å². The Morgan fingerprint density at radius 3 is 2.61 bits per heavy atom. The van der Waals surface area contributed by atoms with Crippen LogP contribution in [0.2, 0.25) is 5.02 Å². The summed E-state index contributed by atoms with van der Waals surface area (Å²) in [5.74, 6) is -0.0637. The number of rotatable bonds is 5. The van der Waals surface area contributed by atoms with Crippen LogP contribution in [0.5, 0.6) is 0 Å². The van der Waals surface area contributed by atoms with Gasteiger partial charge in [-0.3, -0.25) is 9.10 Å². The molecule has 2 aromatic carbocycles. The molecule has 0 N–H and O–H groups in total. The van der Waals surface area contributed by atoms with Gasteiger partial charge >= 0.3 is 0 Å². The predicted molar refractivity (Wildman–Crippen MR) is 118 cm³/mol. The smallest absolute Gasteiger partial charge is 0.264 e. The quantitative estimate of drug-likeness (QED) is 0.678. The Morgan fingerprint density at radius 2 is 1.87 bits per heavy atom. The largest absolute Gasteiger partial charge is 0.350 e. The van der Waals surface area contributed by atoms with E-state index in [-0.39, 0.29) is 23.0 Å². The number of hydrogen-bond donors (Lipinski definition) is 0. The fourth-order valence-corrected chi connectivity index (χ4v) is 5.42. The van der Waals surface area contributed by atoms with Crippen LogP contribution in [0.1, 0.15) is 23.2 Å². The highest BCUT2D eigenvalue weighted by atomic mass is 35.5. The third-order valence-corrected chi connectivity index (χ3v) is 7.71. The van der Waals surface area contributed by atoms with Gasteiger partial charge in [0.2, 0.25) is 0 Å². The SMILES string of the molecule is CN(c1cccc(Cl)c1)S(=O)(=O)c1cccc(C(=O)N2CCCC(C3OCCO3)C2)c1. The average Bonchev–Trinajstić information content (AvgIpc) is 3.33. The molecule has 2 aromatic rings. The van der Waals surface area contributed by atoms with Crippen molar-refractivity contribution < 1.29 is 22.7 Å². The maximum absolute atomic E-state index is 13.1. The van der Waals surface area contributed by atoms with E-state index >= 15 is 0 Å². The van der Waals surface area contributed by atoms with Crippen LogP contribution in [0.25, 0.3) is 0 Å². The Balaban J connectivity index is 1.54. The molecular formula is C22H25ClN2O5S. The first kappa shape index (κ1) is 22.1. The van der Waals surface area contributed by atoms with Crippen LogP contribution in [-0.4, -0.2) is 58.9 Å². The summed E-state index contributed by atoms with van der Waals surface area (Å²) in [6.45, 7) is 2.31. The van der Waals surface area contributed by atoms with Crippen molar-refractivity contribution in [3.63, 3.8) is 0 Å². The summed E-state index contributed by atoms with van der Waals surface area (Å²) >= 11 is 6.01. The highest BCUT2D eigenvalue weighted by Gasteiger charge is 2.33. The number of carbonyl (C=O) groups is 1. The zero-order valence-electron chi connectivity index (χ0n) is 17.2. The number of nitrogens with zero attached hydrogens (tertiary/aromatic N) is 2. The van der Waals surface area contributed by atoms with Gasteiger partial charge in [0.1, 0.15) is 0 Å². The summed E-state index contributed by atoms with van der Waals surface area (Å²) < 4.78 is 38.7. The van der Waals surface area contributed by atoms with Crippen LogP contribution < -0.4 is 4.31 Å². The number of hydrogen-bond acceptors (Lipinski definition) is 5. The summed E-state index contributed by atoms with van der Waals surface area (Å²) in [7, 11) is -2.39. The van der Waals surface area contributed by atoms with Gasteiger partial charge in [-0.25, -0.2) is 8.42 Å². The molecule has 2 fully saturated rings. The lowest BCUT2D eigenvalue weighted by molar-refractivity contribution is -0.0969. The van der Waals surface area contributed by atoms with Gasteiger partial charge < -0.3 is 14.4 Å². The molecule has 1 unspecified atom stereocenters. The van der Waals surface area contributed by atoms with E-state index in [0.717, 1.165) is 17.1 Å². The van der Waals surface area contributed by atoms with E-state index in [0.29, 0.717) is 42.6 Å². The topological polar surface area (TPSA) is 76.2 Å². The lowest BCUT2D eigenvalue weighted by Crippen LogP contribution is -2.43. The fourth-order valence-electron chi connectivity index (χ4n) is 4.01. The van der Waals surface area contributed by atoms with Gasteiger partial charge in [-0.15, -0.1) is 0 Å². The molecule has 9 heteroatoms. The van der Waals surface area contributed by atoms with Crippen molar-refractivity contribution in [2.45, 2.75) is 24.0 Å².